The number of halogens is 1. The van der Waals surface area contributed by atoms with Crippen LogP contribution in [-0.4, -0.2) is 24.0 Å². The zero-order chi connectivity index (χ0) is 13.2. The lowest BCUT2D eigenvalue weighted by atomic mass is 9.86. The van der Waals surface area contributed by atoms with Gasteiger partial charge in [0.1, 0.15) is 0 Å². The van der Waals surface area contributed by atoms with Crippen molar-refractivity contribution in [2.75, 3.05) is 13.6 Å². The predicted molar refractivity (Wildman–Crippen MR) is 77.7 cm³/mol. The Balaban J connectivity index is 2.10. The van der Waals surface area contributed by atoms with Crippen molar-refractivity contribution in [3.63, 3.8) is 0 Å². The molecule has 0 amide bonds. The first-order valence-corrected chi connectivity index (χ1v) is 7.12. The van der Waals surface area contributed by atoms with Crippen molar-refractivity contribution in [2.24, 2.45) is 11.7 Å². The zero-order valence-corrected chi connectivity index (χ0v) is 12.1. The van der Waals surface area contributed by atoms with Crippen LogP contribution in [0, 0.1) is 5.92 Å². The minimum atomic E-state index is 0.180. The molecule has 2 unspecified atom stereocenters. The Morgan fingerprint density at radius 2 is 2.06 bits per heavy atom. The minimum absolute atomic E-state index is 0.180. The Hall–Kier alpha value is -0.570. The molecule has 2 atom stereocenters. The number of nitrogens with two attached hydrogens (primary N) is 1. The third kappa shape index (κ3) is 2.56. The Bertz CT molecular complexity index is 390. The Labute approximate surface area is 115 Å². The zero-order valence-electron chi connectivity index (χ0n) is 11.3. The summed E-state index contributed by atoms with van der Waals surface area (Å²) >= 11 is 5.92. The molecule has 0 heterocycles. The summed E-state index contributed by atoms with van der Waals surface area (Å²) in [5.74, 6) is 0.680. The maximum Gasteiger partial charge on any atom is 0.0406 e. The van der Waals surface area contributed by atoms with Gasteiger partial charge >= 0.3 is 0 Å². The number of benzene rings is 1. The molecule has 0 bridgehead atoms. The molecular formula is C15H23ClN2. The van der Waals surface area contributed by atoms with Crippen LogP contribution in [0.15, 0.2) is 24.3 Å². The van der Waals surface area contributed by atoms with Crippen LogP contribution in [0.2, 0.25) is 5.02 Å². The van der Waals surface area contributed by atoms with E-state index < -0.39 is 0 Å². The maximum atomic E-state index is 6.08. The number of likely N-dealkylation sites (N-methyl/N-ethyl adjacent to an activating group) is 1. The summed E-state index contributed by atoms with van der Waals surface area (Å²) in [6.07, 6.45) is 3.81. The average Bonchev–Trinajstić information content (AvgIpc) is 2.74. The first-order chi connectivity index (χ1) is 8.58. The lowest BCUT2D eigenvalue weighted by Crippen LogP contribution is -2.53. The van der Waals surface area contributed by atoms with Crippen molar-refractivity contribution in [1.82, 2.24) is 4.90 Å². The van der Waals surface area contributed by atoms with E-state index in [9.17, 15) is 0 Å². The molecule has 1 aromatic rings. The van der Waals surface area contributed by atoms with Gasteiger partial charge in [-0.3, -0.25) is 4.90 Å². The molecule has 0 radical (unpaired) electrons. The molecule has 1 aliphatic rings. The van der Waals surface area contributed by atoms with Gasteiger partial charge in [0.25, 0.3) is 0 Å². The fourth-order valence-corrected chi connectivity index (χ4v) is 3.40. The molecule has 1 aromatic carbocycles. The van der Waals surface area contributed by atoms with E-state index in [0.29, 0.717) is 5.92 Å². The van der Waals surface area contributed by atoms with Gasteiger partial charge in [-0.05, 0) is 43.5 Å². The number of nitrogens with zero attached hydrogens (tertiary/aromatic N) is 1. The normalized spacial score (nSPS) is 27.9. The van der Waals surface area contributed by atoms with Gasteiger partial charge in [0.05, 0.1) is 0 Å². The highest BCUT2D eigenvalue weighted by Crippen LogP contribution is 2.39. The van der Waals surface area contributed by atoms with E-state index in [4.69, 9.17) is 17.3 Å². The Morgan fingerprint density at radius 1 is 1.39 bits per heavy atom. The SMILES string of the molecule is CC1CCCC1(CN)N(C)Cc1ccc(Cl)cc1. The third-order valence-corrected chi connectivity index (χ3v) is 4.86. The van der Waals surface area contributed by atoms with Crippen LogP contribution in [0.4, 0.5) is 0 Å². The first-order valence-electron chi connectivity index (χ1n) is 6.74. The molecule has 0 aromatic heterocycles. The molecule has 3 heteroatoms. The second-order valence-electron chi connectivity index (χ2n) is 5.58. The minimum Gasteiger partial charge on any atom is -0.329 e. The smallest absolute Gasteiger partial charge is 0.0406 e. The molecule has 1 fully saturated rings. The van der Waals surface area contributed by atoms with Crippen LogP contribution in [0.5, 0.6) is 0 Å². The van der Waals surface area contributed by atoms with E-state index in [1.165, 1.54) is 24.8 Å². The molecule has 0 aliphatic heterocycles. The standard InChI is InChI=1S/C15H23ClN2/c1-12-4-3-9-15(12,11-17)18(2)10-13-5-7-14(16)8-6-13/h5-8,12H,3-4,9-11,17H2,1-2H3. The first kappa shape index (κ1) is 13.9. The average molecular weight is 267 g/mol. The molecular weight excluding hydrogens is 244 g/mol. The highest BCUT2D eigenvalue weighted by Gasteiger charge is 2.42. The van der Waals surface area contributed by atoms with E-state index in [1.807, 2.05) is 12.1 Å². The summed E-state index contributed by atoms with van der Waals surface area (Å²) in [7, 11) is 2.20. The number of hydrogen-bond donors (Lipinski definition) is 1. The fourth-order valence-electron chi connectivity index (χ4n) is 3.28. The maximum absolute atomic E-state index is 6.08. The Kier molecular flexibility index (Phi) is 4.31. The van der Waals surface area contributed by atoms with Gasteiger partial charge in [-0.25, -0.2) is 0 Å². The van der Waals surface area contributed by atoms with E-state index >= 15 is 0 Å². The highest BCUT2D eigenvalue weighted by molar-refractivity contribution is 6.30. The van der Waals surface area contributed by atoms with Crippen LogP contribution >= 0.6 is 11.6 Å². The van der Waals surface area contributed by atoms with Crippen molar-refractivity contribution in [1.29, 1.82) is 0 Å². The van der Waals surface area contributed by atoms with Gasteiger partial charge in [0.2, 0.25) is 0 Å². The molecule has 18 heavy (non-hydrogen) atoms. The van der Waals surface area contributed by atoms with Crippen LogP contribution in [0.1, 0.15) is 31.7 Å². The molecule has 1 aliphatic carbocycles. The van der Waals surface area contributed by atoms with E-state index in [-0.39, 0.29) is 5.54 Å². The molecule has 0 saturated heterocycles. The second-order valence-corrected chi connectivity index (χ2v) is 6.02. The van der Waals surface area contributed by atoms with Crippen LogP contribution in [0.25, 0.3) is 0 Å². The van der Waals surface area contributed by atoms with Gasteiger partial charge in [-0.1, -0.05) is 37.1 Å². The third-order valence-electron chi connectivity index (χ3n) is 4.61. The van der Waals surface area contributed by atoms with Crippen molar-refractivity contribution in [2.45, 2.75) is 38.3 Å². The monoisotopic (exact) mass is 266 g/mol. The van der Waals surface area contributed by atoms with Crippen molar-refractivity contribution >= 4 is 11.6 Å². The molecule has 2 N–H and O–H groups in total. The van der Waals surface area contributed by atoms with Crippen LogP contribution in [0.3, 0.4) is 0 Å². The highest BCUT2D eigenvalue weighted by atomic mass is 35.5. The quantitative estimate of drug-likeness (QED) is 0.906. The summed E-state index contributed by atoms with van der Waals surface area (Å²) in [6.45, 7) is 4.02. The van der Waals surface area contributed by atoms with Gasteiger partial charge in [-0.15, -0.1) is 0 Å². The van der Waals surface area contributed by atoms with E-state index in [0.717, 1.165) is 18.1 Å². The summed E-state index contributed by atoms with van der Waals surface area (Å²) in [4.78, 5) is 2.44. The second kappa shape index (κ2) is 5.60. The molecule has 0 spiro atoms. The lowest BCUT2D eigenvalue weighted by Gasteiger charge is -2.42. The van der Waals surface area contributed by atoms with Gasteiger partial charge in [-0.2, -0.15) is 0 Å². The van der Waals surface area contributed by atoms with Crippen molar-refractivity contribution in [3.8, 4) is 0 Å². The topological polar surface area (TPSA) is 29.3 Å². The summed E-state index contributed by atoms with van der Waals surface area (Å²) in [6, 6.07) is 8.11. The summed E-state index contributed by atoms with van der Waals surface area (Å²) in [5, 5.41) is 0.796. The van der Waals surface area contributed by atoms with Gasteiger partial charge in [0.15, 0.2) is 0 Å². The van der Waals surface area contributed by atoms with Crippen molar-refractivity contribution < 1.29 is 0 Å². The fraction of sp³-hybridized carbons (Fsp3) is 0.600. The molecule has 100 valence electrons. The predicted octanol–water partition coefficient (Wildman–Crippen LogP) is 3.29. The van der Waals surface area contributed by atoms with Gasteiger partial charge < -0.3 is 5.73 Å². The van der Waals surface area contributed by atoms with Crippen LogP contribution in [-0.2, 0) is 6.54 Å². The molecule has 1 saturated carbocycles. The van der Waals surface area contributed by atoms with Gasteiger partial charge in [0, 0.05) is 23.7 Å². The number of rotatable bonds is 4. The van der Waals surface area contributed by atoms with Crippen LogP contribution < -0.4 is 5.73 Å². The van der Waals surface area contributed by atoms with E-state index in [1.54, 1.807) is 0 Å². The Morgan fingerprint density at radius 3 is 2.56 bits per heavy atom. The summed E-state index contributed by atoms with van der Waals surface area (Å²) in [5.41, 5.74) is 7.56. The largest absolute Gasteiger partial charge is 0.329 e. The molecule has 2 rings (SSSR count). The number of hydrogen-bond acceptors (Lipinski definition) is 2. The molecule has 2 nitrogen and oxygen atoms in total. The van der Waals surface area contributed by atoms with Crippen molar-refractivity contribution in [3.05, 3.63) is 34.9 Å². The lowest BCUT2D eigenvalue weighted by molar-refractivity contribution is 0.0841. The summed E-state index contributed by atoms with van der Waals surface area (Å²) < 4.78 is 0. The van der Waals surface area contributed by atoms with E-state index in [2.05, 4.69) is 31.0 Å².